The number of H-pyrrole nitrogens is 1. The van der Waals surface area contributed by atoms with Crippen LogP contribution in [0.3, 0.4) is 0 Å². The van der Waals surface area contributed by atoms with Gasteiger partial charge in [-0.25, -0.2) is 0 Å². The van der Waals surface area contributed by atoms with Gasteiger partial charge in [0, 0.05) is 23.0 Å². The van der Waals surface area contributed by atoms with E-state index in [1.165, 1.54) is 12.3 Å². The largest absolute Gasteiger partial charge is 0.399 e. The van der Waals surface area contributed by atoms with E-state index in [9.17, 15) is 10.1 Å². The fourth-order valence-electron chi connectivity index (χ4n) is 2.15. The van der Waals surface area contributed by atoms with Crippen LogP contribution in [0, 0.1) is 11.3 Å². The highest BCUT2D eigenvalue weighted by Gasteiger charge is 2.11. The van der Waals surface area contributed by atoms with Crippen molar-refractivity contribution < 1.29 is 4.79 Å². The van der Waals surface area contributed by atoms with Gasteiger partial charge in [-0.2, -0.15) is 10.4 Å². The van der Waals surface area contributed by atoms with Gasteiger partial charge in [-0.3, -0.25) is 9.89 Å². The summed E-state index contributed by atoms with van der Waals surface area (Å²) < 4.78 is 0. The smallest absolute Gasteiger partial charge is 0.267 e. The Bertz CT molecular complexity index is 1020. The second-order valence-electron chi connectivity index (χ2n) is 5.18. The summed E-state index contributed by atoms with van der Waals surface area (Å²) >= 11 is 6.02. The zero-order chi connectivity index (χ0) is 17.8. The van der Waals surface area contributed by atoms with Gasteiger partial charge in [-0.15, -0.1) is 0 Å². The molecule has 1 aromatic heterocycles. The molecular weight excluding hydrogens is 340 g/mol. The molecule has 1 amide bonds. The molecule has 0 bridgehead atoms. The van der Waals surface area contributed by atoms with E-state index in [1.807, 2.05) is 24.3 Å². The molecule has 5 N–H and O–H groups in total. The van der Waals surface area contributed by atoms with Crippen molar-refractivity contribution in [3.05, 3.63) is 59.4 Å². The SMILES string of the molecule is N#C/C(=C/Nc1ccc2cn[nH]c2c1)C(=O)Nc1ccc(N)cc1Cl. The second-order valence-corrected chi connectivity index (χ2v) is 5.59. The maximum absolute atomic E-state index is 12.2. The Balaban J connectivity index is 1.75. The molecule has 1 heterocycles. The van der Waals surface area contributed by atoms with E-state index in [0.717, 1.165) is 10.9 Å². The van der Waals surface area contributed by atoms with Crippen LogP contribution in [0.2, 0.25) is 5.02 Å². The van der Waals surface area contributed by atoms with Crippen LogP contribution < -0.4 is 16.4 Å². The van der Waals surface area contributed by atoms with Gasteiger partial charge in [0.25, 0.3) is 5.91 Å². The Morgan fingerprint density at radius 2 is 2.16 bits per heavy atom. The van der Waals surface area contributed by atoms with Crippen LogP contribution in [0.5, 0.6) is 0 Å². The van der Waals surface area contributed by atoms with E-state index in [-0.39, 0.29) is 5.57 Å². The third-order valence-corrected chi connectivity index (χ3v) is 3.74. The number of rotatable bonds is 4. The standard InChI is InChI=1S/C17H13ClN6O/c18-14-5-12(20)2-4-15(14)23-17(25)11(7-19)8-21-13-3-1-10-9-22-24-16(10)6-13/h1-6,8-9,21H,20H2,(H,22,24)(H,23,25)/b11-8-. The number of carbonyl (C=O) groups excluding carboxylic acids is 1. The van der Waals surface area contributed by atoms with E-state index in [2.05, 4.69) is 20.8 Å². The molecule has 124 valence electrons. The zero-order valence-electron chi connectivity index (χ0n) is 12.9. The number of nitrogens with one attached hydrogen (secondary N) is 3. The van der Waals surface area contributed by atoms with Crippen molar-refractivity contribution in [2.75, 3.05) is 16.4 Å². The summed E-state index contributed by atoms with van der Waals surface area (Å²) in [4.78, 5) is 12.2. The number of nitrogen functional groups attached to an aromatic ring is 1. The molecule has 0 aliphatic rings. The normalized spacial score (nSPS) is 11.1. The number of nitrogens with zero attached hydrogens (tertiary/aromatic N) is 2. The van der Waals surface area contributed by atoms with Gasteiger partial charge in [-0.05, 0) is 36.4 Å². The molecule has 7 nitrogen and oxygen atoms in total. The van der Waals surface area contributed by atoms with Crippen LogP contribution >= 0.6 is 11.6 Å². The van der Waals surface area contributed by atoms with Crippen molar-refractivity contribution in [2.45, 2.75) is 0 Å². The highest BCUT2D eigenvalue weighted by atomic mass is 35.5. The van der Waals surface area contributed by atoms with Crippen LogP contribution in [-0.4, -0.2) is 16.1 Å². The number of halogens is 1. The lowest BCUT2D eigenvalue weighted by Crippen LogP contribution is -2.15. The van der Waals surface area contributed by atoms with E-state index in [4.69, 9.17) is 17.3 Å². The quantitative estimate of drug-likeness (QED) is 0.326. The first-order valence-corrected chi connectivity index (χ1v) is 7.61. The lowest BCUT2D eigenvalue weighted by atomic mass is 10.2. The average Bonchev–Trinajstić information content (AvgIpc) is 3.05. The number of benzene rings is 2. The van der Waals surface area contributed by atoms with Crippen molar-refractivity contribution in [3.63, 3.8) is 0 Å². The van der Waals surface area contributed by atoms with Crippen molar-refractivity contribution in [3.8, 4) is 6.07 Å². The zero-order valence-corrected chi connectivity index (χ0v) is 13.6. The first-order valence-electron chi connectivity index (χ1n) is 7.23. The first-order chi connectivity index (χ1) is 12.1. The number of amides is 1. The Labute approximate surface area is 148 Å². The summed E-state index contributed by atoms with van der Waals surface area (Å²) in [5.74, 6) is -0.579. The van der Waals surface area contributed by atoms with Crippen molar-refractivity contribution in [2.24, 2.45) is 0 Å². The second kappa shape index (κ2) is 6.95. The minimum absolute atomic E-state index is 0.0994. The van der Waals surface area contributed by atoms with Crippen LogP contribution in [0.1, 0.15) is 0 Å². The van der Waals surface area contributed by atoms with Crippen LogP contribution in [0.25, 0.3) is 10.9 Å². The molecule has 0 spiro atoms. The fourth-order valence-corrected chi connectivity index (χ4v) is 2.39. The molecule has 8 heteroatoms. The number of nitriles is 1. The molecule has 2 aromatic carbocycles. The molecule has 0 radical (unpaired) electrons. The van der Waals surface area contributed by atoms with Gasteiger partial charge in [0.2, 0.25) is 0 Å². The third-order valence-electron chi connectivity index (χ3n) is 3.43. The highest BCUT2D eigenvalue weighted by molar-refractivity contribution is 6.34. The average molecular weight is 353 g/mol. The summed E-state index contributed by atoms with van der Waals surface area (Å²) in [5, 5.41) is 22.8. The molecule has 0 atom stereocenters. The monoisotopic (exact) mass is 352 g/mol. The van der Waals surface area contributed by atoms with Gasteiger partial charge in [0.05, 0.1) is 22.4 Å². The number of aromatic amines is 1. The summed E-state index contributed by atoms with van der Waals surface area (Å²) in [6.07, 6.45) is 3.04. The molecule has 3 aromatic rings. The van der Waals surface area contributed by atoms with Crippen molar-refractivity contribution in [1.29, 1.82) is 5.26 Å². The minimum atomic E-state index is -0.579. The topological polar surface area (TPSA) is 120 Å². The van der Waals surface area contributed by atoms with Crippen molar-refractivity contribution >= 4 is 45.5 Å². The predicted molar refractivity (Wildman–Crippen MR) is 97.9 cm³/mol. The summed E-state index contributed by atoms with van der Waals surface area (Å²) in [6.45, 7) is 0. The van der Waals surface area contributed by atoms with Gasteiger partial charge >= 0.3 is 0 Å². The molecule has 0 aliphatic heterocycles. The lowest BCUT2D eigenvalue weighted by Gasteiger charge is -2.07. The fraction of sp³-hybridized carbons (Fsp3) is 0. The molecule has 0 saturated carbocycles. The lowest BCUT2D eigenvalue weighted by molar-refractivity contribution is -0.112. The predicted octanol–water partition coefficient (Wildman–Crippen LogP) is 3.26. The number of carbonyl (C=O) groups is 1. The summed E-state index contributed by atoms with van der Waals surface area (Å²) in [7, 11) is 0. The molecule has 0 aliphatic carbocycles. The minimum Gasteiger partial charge on any atom is -0.399 e. The summed E-state index contributed by atoms with van der Waals surface area (Å²) in [5.41, 5.74) is 7.92. The maximum atomic E-state index is 12.2. The highest BCUT2D eigenvalue weighted by Crippen LogP contribution is 2.24. The van der Waals surface area contributed by atoms with Crippen molar-refractivity contribution in [1.82, 2.24) is 10.2 Å². The van der Waals surface area contributed by atoms with Crippen LogP contribution in [0.15, 0.2) is 54.4 Å². The molecular formula is C17H13ClN6O. The number of aromatic nitrogens is 2. The van der Waals surface area contributed by atoms with Gasteiger partial charge in [-0.1, -0.05) is 11.6 Å². The Hall–Kier alpha value is -3.50. The van der Waals surface area contributed by atoms with E-state index >= 15 is 0 Å². The molecule has 3 rings (SSSR count). The number of hydrogen-bond donors (Lipinski definition) is 4. The number of nitrogens with two attached hydrogens (primary N) is 1. The van der Waals surface area contributed by atoms with E-state index in [1.54, 1.807) is 18.3 Å². The van der Waals surface area contributed by atoms with Crippen LogP contribution in [0.4, 0.5) is 17.1 Å². The van der Waals surface area contributed by atoms with Gasteiger partial charge in [0.15, 0.2) is 0 Å². The molecule has 0 unspecified atom stereocenters. The number of anilines is 3. The molecule has 0 fully saturated rings. The molecule has 0 saturated heterocycles. The maximum Gasteiger partial charge on any atom is 0.267 e. The van der Waals surface area contributed by atoms with E-state index < -0.39 is 5.91 Å². The number of fused-ring (bicyclic) bond motifs is 1. The third kappa shape index (κ3) is 3.71. The Kier molecular flexibility index (Phi) is 4.55. The van der Waals surface area contributed by atoms with Crippen LogP contribution in [-0.2, 0) is 4.79 Å². The molecule has 25 heavy (non-hydrogen) atoms. The Morgan fingerprint density at radius 1 is 1.32 bits per heavy atom. The first kappa shape index (κ1) is 16.4. The van der Waals surface area contributed by atoms with Gasteiger partial charge < -0.3 is 16.4 Å². The Morgan fingerprint density at radius 3 is 2.92 bits per heavy atom. The van der Waals surface area contributed by atoms with E-state index in [0.29, 0.717) is 22.1 Å². The summed E-state index contributed by atoms with van der Waals surface area (Å²) in [6, 6.07) is 12.1. The van der Waals surface area contributed by atoms with Gasteiger partial charge in [0.1, 0.15) is 11.6 Å². The number of hydrogen-bond acceptors (Lipinski definition) is 5.